The number of nitrogen functional groups attached to an aromatic ring is 1. The van der Waals surface area contributed by atoms with E-state index in [2.05, 4.69) is 9.97 Å². The zero-order valence-corrected chi connectivity index (χ0v) is 12.4. The van der Waals surface area contributed by atoms with Gasteiger partial charge in [-0.3, -0.25) is 0 Å². The van der Waals surface area contributed by atoms with Crippen LogP contribution in [-0.4, -0.2) is 9.97 Å². The molecule has 1 aromatic heterocycles. The van der Waals surface area contributed by atoms with Crippen molar-refractivity contribution >= 4 is 29.1 Å². The molecule has 0 saturated carbocycles. The topological polar surface area (TPSA) is 51.8 Å². The van der Waals surface area contributed by atoms with Crippen LogP contribution in [0.15, 0.2) is 22.2 Å². The molecule has 1 heterocycles. The number of anilines is 1. The fourth-order valence-corrected chi connectivity index (χ4v) is 2.59. The van der Waals surface area contributed by atoms with Gasteiger partial charge in [0.1, 0.15) is 5.82 Å². The summed E-state index contributed by atoms with van der Waals surface area (Å²) in [7, 11) is 0. The quantitative estimate of drug-likeness (QED) is 0.674. The Morgan fingerprint density at radius 3 is 2.32 bits per heavy atom. The molecule has 3 nitrogen and oxygen atoms in total. The second kappa shape index (κ2) is 5.35. The van der Waals surface area contributed by atoms with Gasteiger partial charge in [-0.2, -0.15) is 0 Å². The van der Waals surface area contributed by atoms with Crippen molar-refractivity contribution in [2.75, 3.05) is 5.73 Å². The van der Waals surface area contributed by atoms with E-state index in [1.54, 1.807) is 0 Å². The highest BCUT2D eigenvalue weighted by Gasteiger charge is 2.11. The molecule has 19 heavy (non-hydrogen) atoms. The number of rotatable bonds is 2. The van der Waals surface area contributed by atoms with Gasteiger partial charge in [0.2, 0.25) is 0 Å². The predicted octanol–water partition coefficient (Wildman–Crippen LogP) is 3.93. The van der Waals surface area contributed by atoms with E-state index in [1.807, 2.05) is 20.8 Å². The molecule has 0 aliphatic carbocycles. The lowest BCUT2D eigenvalue weighted by molar-refractivity contribution is 0.625. The third-order valence-electron chi connectivity index (χ3n) is 2.87. The summed E-state index contributed by atoms with van der Waals surface area (Å²) in [6.07, 6.45) is 0. The van der Waals surface area contributed by atoms with Crippen LogP contribution in [-0.2, 0) is 0 Å². The average molecular weight is 298 g/mol. The van der Waals surface area contributed by atoms with Gasteiger partial charge in [-0.15, -0.1) is 0 Å². The SMILES string of the molecule is Cc1nc(Sc2cc(F)c(Cl)cc2N)nc(C)c1C. The molecule has 0 aliphatic rings. The third kappa shape index (κ3) is 2.98. The van der Waals surface area contributed by atoms with Crippen LogP contribution in [0.1, 0.15) is 17.0 Å². The molecule has 2 rings (SSSR count). The van der Waals surface area contributed by atoms with Crippen molar-refractivity contribution < 1.29 is 4.39 Å². The van der Waals surface area contributed by atoms with Gasteiger partial charge in [0.25, 0.3) is 0 Å². The molecule has 0 spiro atoms. The van der Waals surface area contributed by atoms with Gasteiger partial charge in [0.05, 0.1) is 5.02 Å². The molecule has 100 valence electrons. The summed E-state index contributed by atoms with van der Waals surface area (Å²) < 4.78 is 13.4. The minimum atomic E-state index is -0.501. The number of benzene rings is 1. The Morgan fingerprint density at radius 1 is 1.16 bits per heavy atom. The number of nitrogens with two attached hydrogens (primary N) is 1. The number of aromatic nitrogens is 2. The monoisotopic (exact) mass is 297 g/mol. The highest BCUT2D eigenvalue weighted by atomic mass is 35.5. The Hall–Kier alpha value is -1.33. The molecule has 1 aromatic carbocycles. The molecule has 0 unspecified atom stereocenters. The maximum Gasteiger partial charge on any atom is 0.192 e. The minimum Gasteiger partial charge on any atom is -0.398 e. The fraction of sp³-hybridized carbons (Fsp3) is 0.231. The van der Waals surface area contributed by atoms with Gasteiger partial charge in [0, 0.05) is 22.0 Å². The highest BCUT2D eigenvalue weighted by molar-refractivity contribution is 7.99. The number of halogens is 2. The van der Waals surface area contributed by atoms with E-state index in [-0.39, 0.29) is 5.02 Å². The average Bonchev–Trinajstić information content (AvgIpc) is 2.33. The first-order valence-corrected chi connectivity index (χ1v) is 6.82. The van der Waals surface area contributed by atoms with Crippen molar-refractivity contribution in [3.05, 3.63) is 39.9 Å². The highest BCUT2D eigenvalue weighted by Crippen LogP contribution is 2.33. The van der Waals surface area contributed by atoms with Crippen LogP contribution < -0.4 is 5.73 Å². The molecule has 0 radical (unpaired) electrons. The van der Waals surface area contributed by atoms with Crippen molar-refractivity contribution in [3.63, 3.8) is 0 Å². The summed E-state index contributed by atoms with van der Waals surface area (Å²) in [6.45, 7) is 5.80. The van der Waals surface area contributed by atoms with Crippen molar-refractivity contribution in [3.8, 4) is 0 Å². The minimum absolute atomic E-state index is 0.0130. The fourth-order valence-electron chi connectivity index (χ4n) is 1.52. The first-order valence-electron chi connectivity index (χ1n) is 5.62. The number of aryl methyl sites for hydroxylation is 2. The van der Waals surface area contributed by atoms with Crippen LogP contribution in [0.4, 0.5) is 10.1 Å². The van der Waals surface area contributed by atoms with E-state index in [1.165, 1.54) is 23.9 Å². The lowest BCUT2D eigenvalue weighted by Crippen LogP contribution is -1.99. The van der Waals surface area contributed by atoms with Crippen LogP contribution in [0.5, 0.6) is 0 Å². The molecule has 0 saturated heterocycles. The Balaban J connectivity index is 2.39. The van der Waals surface area contributed by atoms with Gasteiger partial charge in [-0.05, 0) is 50.2 Å². The summed E-state index contributed by atoms with van der Waals surface area (Å²) in [6, 6.07) is 2.70. The van der Waals surface area contributed by atoms with Crippen LogP contribution in [0.25, 0.3) is 0 Å². The van der Waals surface area contributed by atoms with Crippen molar-refractivity contribution in [2.24, 2.45) is 0 Å². The van der Waals surface area contributed by atoms with Gasteiger partial charge >= 0.3 is 0 Å². The lowest BCUT2D eigenvalue weighted by Gasteiger charge is -2.08. The molecule has 0 fully saturated rings. The zero-order chi connectivity index (χ0) is 14.2. The molecular formula is C13H13ClFN3S. The van der Waals surface area contributed by atoms with E-state index < -0.39 is 5.82 Å². The van der Waals surface area contributed by atoms with E-state index in [9.17, 15) is 4.39 Å². The van der Waals surface area contributed by atoms with Crippen LogP contribution in [0, 0.1) is 26.6 Å². The molecule has 6 heteroatoms. The molecule has 2 aromatic rings. The second-order valence-corrected chi connectivity index (χ2v) is 5.62. The maximum atomic E-state index is 13.4. The van der Waals surface area contributed by atoms with Crippen LogP contribution in [0.2, 0.25) is 5.02 Å². The van der Waals surface area contributed by atoms with E-state index >= 15 is 0 Å². The van der Waals surface area contributed by atoms with Gasteiger partial charge in [-0.25, -0.2) is 14.4 Å². The molecular weight excluding hydrogens is 285 g/mol. The number of nitrogens with zero attached hydrogens (tertiary/aromatic N) is 2. The van der Waals surface area contributed by atoms with Gasteiger partial charge in [-0.1, -0.05) is 11.6 Å². The maximum absolute atomic E-state index is 13.4. The van der Waals surface area contributed by atoms with E-state index in [0.29, 0.717) is 15.7 Å². The molecule has 0 atom stereocenters. The molecule has 0 amide bonds. The smallest absolute Gasteiger partial charge is 0.192 e. The first-order chi connectivity index (χ1) is 8.88. The first kappa shape index (κ1) is 14.1. The summed E-state index contributed by atoms with van der Waals surface area (Å²) in [4.78, 5) is 9.29. The van der Waals surface area contributed by atoms with Crippen molar-refractivity contribution in [2.45, 2.75) is 30.8 Å². The second-order valence-electron chi connectivity index (χ2n) is 4.21. The van der Waals surface area contributed by atoms with E-state index in [4.69, 9.17) is 17.3 Å². The van der Waals surface area contributed by atoms with E-state index in [0.717, 1.165) is 17.0 Å². The summed E-state index contributed by atoms with van der Waals surface area (Å²) in [5.74, 6) is -0.501. The van der Waals surface area contributed by atoms with Crippen molar-refractivity contribution in [1.29, 1.82) is 0 Å². The number of hydrogen-bond donors (Lipinski definition) is 1. The number of hydrogen-bond acceptors (Lipinski definition) is 4. The lowest BCUT2D eigenvalue weighted by atomic mass is 10.2. The van der Waals surface area contributed by atoms with Crippen molar-refractivity contribution in [1.82, 2.24) is 9.97 Å². The summed E-state index contributed by atoms with van der Waals surface area (Å²) in [5.41, 5.74) is 9.10. The zero-order valence-electron chi connectivity index (χ0n) is 10.8. The third-order valence-corrected chi connectivity index (χ3v) is 4.09. The Bertz CT molecular complexity index is 623. The Kier molecular flexibility index (Phi) is 3.96. The Labute approximate surface area is 120 Å². The standard InChI is InChI=1S/C13H13ClFN3S/c1-6-7(2)17-13(18-8(6)3)19-12-5-10(15)9(14)4-11(12)16/h4-5H,16H2,1-3H3. The largest absolute Gasteiger partial charge is 0.398 e. The Morgan fingerprint density at radius 2 is 1.74 bits per heavy atom. The molecule has 2 N–H and O–H groups in total. The van der Waals surface area contributed by atoms with Crippen LogP contribution in [0.3, 0.4) is 0 Å². The van der Waals surface area contributed by atoms with Gasteiger partial charge < -0.3 is 5.73 Å². The molecule has 0 aliphatic heterocycles. The van der Waals surface area contributed by atoms with Gasteiger partial charge in [0.15, 0.2) is 5.16 Å². The summed E-state index contributed by atoms with van der Waals surface area (Å²) >= 11 is 6.89. The predicted molar refractivity (Wildman–Crippen MR) is 76.2 cm³/mol. The summed E-state index contributed by atoms with van der Waals surface area (Å²) in [5, 5.41) is 0.563. The normalized spacial score (nSPS) is 10.8. The molecule has 0 bridgehead atoms. The van der Waals surface area contributed by atoms with Crippen LogP contribution >= 0.6 is 23.4 Å².